The third-order valence-electron chi connectivity index (χ3n) is 15.5. The first kappa shape index (κ1) is 42.2. The Kier molecular flexibility index (Phi) is 9.20. The van der Waals surface area contributed by atoms with E-state index in [-0.39, 0.29) is 0 Å². The minimum Gasteiger partial charge on any atom is -0.353 e. The maximum Gasteiger partial charge on any atom is 0.164 e. The molecule has 5 heterocycles. The molecule has 76 heavy (non-hydrogen) atoms. The van der Waals surface area contributed by atoms with Crippen LogP contribution < -0.4 is 0 Å². The molecule has 5 aromatic heterocycles. The minimum absolute atomic E-state index is 0.591. The van der Waals surface area contributed by atoms with E-state index in [4.69, 9.17) is 15.0 Å². The van der Waals surface area contributed by atoms with Gasteiger partial charge in [0.25, 0.3) is 0 Å². The second-order valence-corrected chi connectivity index (χ2v) is 19.6. The molecule has 16 rings (SSSR count). The molecule has 0 amide bonds. The third kappa shape index (κ3) is 6.33. The third-order valence-corrected chi connectivity index (χ3v) is 15.5. The highest BCUT2D eigenvalue weighted by molar-refractivity contribution is 6.27. The van der Waals surface area contributed by atoms with Crippen LogP contribution in [0.4, 0.5) is 0 Å². The van der Waals surface area contributed by atoms with Gasteiger partial charge in [-0.3, -0.25) is 0 Å². The van der Waals surface area contributed by atoms with Gasteiger partial charge in [0.2, 0.25) is 0 Å². The molecule has 7 heteroatoms. The van der Waals surface area contributed by atoms with Crippen molar-refractivity contribution >= 4 is 87.2 Å². The molecule has 16 aromatic rings. The Labute approximate surface area is 435 Å². The van der Waals surface area contributed by atoms with Gasteiger partial charge in [-0.15, -0.1) is 0 Å². The smallest absolute Gasteiger partial charge is 0.164 e. The van der Waals surface area contributed by atoms with Crippen LogP contribution >= 0.6 is 0 Å². The number of H-pyrrole nitrogens is 2. The maximum absolute atomic E-state index is 5.41. The molecule has 0 aliphatic carbocycles. The van der Waals surface area contributed by atoms with E-state index in [1.165, 1.54) is 32.6 Å². The Hall–Kier alpha value is -10.4. The van der Waals surface area contributed by atoms with Crippen LogP contribution in [-0.4, -0.2) is 34.1 Å². The van der Waals surface area contributed by atoms with Crippen LogP contribution in [0.1, 0.15) is 0 Å². The lowest BCUT2D eigenvalue weighted by Crippen LogP contribution is -2.01. The number of fused-ring (bicyclic) bond motifs is 14. The summed E-state index contributed by atoms with van der Waals surface area (Å²) in [7, 11) is 0. The second kappa shape index (κ2) is 16.6. The number of hydrogen-bond donors (Lipinski definition) is 2. The van der Waals surface area contributed by atoms with Crippen LogP contribution in [0.2, 0.25) is 0 Å². The van der Waals surface area contributed by atoms with Crippen molar-refractivity contribution in [2.75, 3.05) is 0 Å². The Balaban J connectivity index is 0.976. The summed E-state index contributed by atoms with van der Waals surface area (Å²) in [5.74, 6) is 1.81. The molecule has 0 fully saturated rings. The summed E-state index contributed by atoms with van der Waals surface area (Å²) in [4.78, 5) is 23.9. The van der Waals surface area contributed by atoms with E-state index in [2.05, 4.69) is 231 Å². The molecule has 0 saturated carbocycles. The Bertz CT molecular complexity index is 4910. The predicted molar refractivity (Wildman–Crippen MR) is 314 cm³/mol. The number of nitrogens with zero attached hydrogens (tertiary/aromatic N) is 5. The molecule has 0 aliphatic rings. The first-order valence-electron chi connectivity index (χ1n) is 25.8. The van der Waals surface area contributed by atoms with Gasteiger partial charge in [-0.05, 0) is 76.9 Å². The molecule has 0 aliphatic heterocycles. The van der Waals surface area contributed by atoms with E-state index in [9.17, 15) is 0 Å². The average molecular weight is 970 g/mol. The van der Waals surface area contributed by atoms with Gasteiger partial charge >= 0.3 is 0 Å². The van der Waals surface area contributed by atoms with E-state index in [1.807, 2.05) is 36.4 Å². The zero-order valence-electron chi connectivity index (χ0n) is 40.9. The van der Waals surface area contributed by atoms with E-state index >= 15 is 0 Å². The molecular formula is C69H43N7. The van der Waals surface area contributed by atoms with Crippen molar-refractivity contribution in [1.29, 1.82) is 0 Å². The van der Waals surface area contributed by atoms with Crippen molar-refractivity contribution in [3.8, 4) is 67.8 Å². The van der Waals surface area contributed by atoms with Gasteiger partial charge in [0.1, 0.15) is 0 Å². The number of aromatic amines is 2. The summed E-state index contributed by atoms with van der Waals surface area (Å²) in [6.07, 6.45) is 0. The van der Waals surface area contributed by atoms with Crippen LogP contribution in [0.25, 0.3) is 155 Å². The van der Waals surface area contributed by atoms with Crippen molar-refractivity contribution in [3.05, 3.63) is 249 Å². The summed E-state index contributed by atoms with van der Waals surface area (Å²) in [6.45, 7) is 0. The van der Waals surface area contributed by atoms with Gasteiger partial charge < -0.3 is 19.1 Å². The molecule has 2 N–H and O–H groups in total. The van der Waals surface area contributed by atoms with Crippen LogP contribution in [0.5, 0.6) is 0 Å². The molecule has 354 valence electrons. The SMILES string of the molecule is c1ccc(-c2nc(-c3ccccc3)nc(-c3cc(-c4cccc5[nH]c6c(ccc7c8ccccc8n(-c8ccccc8)c76)c45)ccc3-c3cccc4[nH]c5c(ccc6c7ccccc7n(-c7ccccc7)c65)c34)n2)cc1. The lowest BCUT2D eigenvalue weighted by atomic mass is 9.90. The van der Waals surface area contributed by atoms with E-state index in [1.54, 1.807) is 0 Å². The second-order valence-electron chi connectivity index (χ2n) is 19.6. The Morgan fingerprint density at radius 1 is 0.276 bits per heavy atom. The molecule has 11 aromatic carbocycles. The highest BCUT2D eigenvalue weighted by atomic mass is 15.0. The number of benzene rings is 11. The molecule has 0 atom stereocenters. The lowest BCUT2D eigenvalue weighted by molar-refractivity contribution is 1.07. The molecule has 0 radical (unpaired) electrons. The zero-order chi connectivity index (χ0) is 49.8. The fourth-order valence-corrected chi connectivity index (χ4v) is 12.2. The number of para-hydroxylation sites is 4. The summed E-state index contributed by atoms with van der Waals surface area (Å²) < 4.78 is 4.81. The normalized spacial score (nSPS) is 11.9. The summed E-state index contributed by atoms with van der Waals surface area (Å²) in [5.41, 5.74) is 18.2. The van der Waals surface area contributed by atoms with Gasteiger partial charge in [-0.2, -0.15) is 0 Å². The number of aromatic nitrogens is 7. The fraction of sp³-hybridized carbons (Fsp3) is 0. The summed E-state index contributed by atoms with van der Waals surface area (Å²) in [6, 6.07) is 88.6. The molecule has 0 spiro atoms. The van der Waals surface area contributed by atoms with Crippen LogP contribution in [0.15, 0.2) is 249 Å². The molecular weight excluding hydrogens is 927 g/mol. The van der Waals surface area contributed by atoms with Gasteiger partial charge in [0.15, 0.2) is 17.5 Å². The maximum atomic E-state index is 5.41. The van der Waals surface area contributed by atoms with Crippen molar-refractivity contribution in [2.24, 2.45) is 0 Å². The minimum atomic E-state index is 0.591. The quantitative estimate of drug-likeness (QED) is 0.167. The van der Waals surface area contributed by atoms with Crippen molar-refractivity contribution in [2.45, 2.75) is 0 Å². The first-order chi connectivity index (χ1) is 37.7. The average Bonchev–Trinajstić information content (AvgIpc) is 4.33. The predicted octanol–water partition coefficient (Wildman–Crippen LogP) is 17.7. The standard InChI is InChI=1S/C69H43N7/c1-5-19-42(20-6-1)67-72-68(43-21-7-2-8-22-43)74-69(73-67)56-41-44(47-29-17-31-57-61(47)54-39-37-52-49-27-13-15-33-59(49)75(65(52)63(54)70-57)45-23-9-3-10-24-45)35-36-48(56)51-30-18-32-58-62(51)55-40-38-53-50-28-14-16-34-60(50)76(66(53)64(55)71-58)46-25-11-4-12-26-46/h1-41,70-71H. The Morgan fingerprint density at radius 2 is 0.711 bits per heavy atom. The monoisotopic (exact) mass is 969 g/mol. The van der Waals surface area contributed by atoms with Crippen molar-refractivity contribution in [1.82, 2.24) is 34.1 Å². The van der Waals surface area contributed by atoms with Gasteiger partial charge in [-0.1, -0.05) is 194 Å². The highest BCUT2D eigenvalue weighted by Gasteiger charge is 2.24. The van der Waals surface area contributed by atoms with Crippen LogP contribution in [0.3, 0.4) is 0 Å². The van der Waals surface area contributed by atoms with E-state index in [0.717, 1.165) is 105 Å². The fourth-order valence-electron chi connectivity index (χ4n) is 12.2. The van der Waals surface area contributed by atoms with Crippen molar-refractivity contribution in [3.63, 3.8) is 0 Å². The largest absolute Gasteiger partial charge is 0.353 e. The van der Waals surface area contributed by atoms with Gasteiger partial charge in [-0.25, -0.2) is 15.0 Å². The van der Waals surface area contributed by atoms with E-state index in [0.29, 0.717) is 17.5 Å². The van der Waals surface area contributed by atoms with Crippen molar-refractivity contribution < 1.29 is 0 Å². The summed E-state index contributed by atoms with van der Waals surface area (Å²) in [5, 5.41) is 9.43. The lowest BCUT2D eigenvalue weighted by Gasteiger charge is -2.15. The first-order valence-corrected chi connectivity index (χ1v) is 25.8. The molecule has 0 unspecified atom stereocenters. The molecule has 0 bridgehead atoms. The van der Waals surface area contributed by atoms with E-state index < -0.39 is 0 Å². The molecule has 7 nitrogen and oxygen atoms in total. The highest BCUT2D eigenvalue weighted by Crippen LogP contribution is 2.46. The van der Waals surface area contributed by atoms with Gasteiger partial charge in [0, 0.05) is 82.2 Å². The number of rotatable bonds is 7. The summed E-state index contributed by atoms with van der Waals surface area (Å²) >= 11 is 0. The Morgan fingerprint density at radius 3 is 1.24 bits per heavy atom. The van der Waals surface area contributed by atoms with Gasteiger partial charge in [0.05, 0.1) is 33.1 Å². The zero-order valence-corrected chi connectivity index (χ0v) is 40.9. The number of nitrogens with one attached hydrogen (secondary N) is 2. The van der Waals surface area contributed by atoms with Crippen LogP contribution in [-0.2, 0) is 0 Å². The van der Waals surface area contributed by atoms with Crippen LogP contribution in [0, 0.1) is 0 Å². The molecule has 0 saturated heterocycles. The topological polar surface area (TPSA) is 80.1 Å². The number of hydrogen-bond acceptors (Lipinski definition) is 3.